The van der Waals surface area contributed by atoms with Gasteiger partial charge >= 0.3 is 6.18 Å². The first-order valence-corrected chi connectivity index (χ1v) is 9.30. The van der Waals surface area contributed by atoms with Gasteiger partial charge in [-0.25, -0.2) is 4.98 Å². The van der Waals surface area contributed by atoms with E-state index in [1.807, 2.05) is 23.7 Å². The summed E-state index contributed by atoms with van der Waals surface area (Å²) in [6.07, 6.45) is -3.28. The minimum absolute atomic E-state index is 0.0833. The summed E-state index contributed by atoms with van der Waals surface area (Å²) in [5.74, 6) is -0.0833. The molecular weight excluding hydrogens is 361 g/mol. The number of aromatic nitrogens is 1. The molecule has 2 heterocycles. The predicted molar refractivity (Wildman–Crippen MR) is 96.9 cm³/mol. The van der Waals surface area contributed by atoms with Gasteiger partial charge in [0.1, 0.15) is 17.4 Å². The van der Waals surface area contributed by atoms with Crippen LogP contribution in [0.25, 0.3) is 10.2 Å². The van der Waals surface area contributed by atoms with E-state index in [0.717, 1.165) is 35.1 Å². The lowest BCUT2D eigenvalue weighted by Gasteiger charge is -2.34. The molecule has 0 unspecified atom stereocenters. The number of piperidine rings is 1. The number of anilines is 1. The average Bonchev–Trinajstić information content (AvgIpc) is 3.11. The molecule has 1 aromatic heterocycles. The predicted octanol–water partition coefficient (Wildman–Crippen LogP) is 5.36. The van der Waals surface area contributed by atoms with E-state index < -0.39 is 11.7 Å². The zero-order valence-electron chi connectivity index (χ0n) is 13.9. The van der Waals surface area contributed by atoms with Crippen molar-refractivity contribution in [2.24, 2.45) is 0 Å². The van der Waals surface area contributed by atoms with Crippen LogP contribution in [0.15, 0.2) is 48.0 Å². The van der Waals surface area contributed by atoms with Gasteiger partial charge in [0.15, 0.2) is 0 Å². The molecule has 1 aliphatic heterocycles. The Hall–Kier alpha value is -2.28. The topological polar surface area (TPSA) is 25.4 Å². The van der Waals surface area contributed by atoms with E-state index in [4.69, 9.17) is 4.74 Å². The summed E-state index contributed by atoms with van der Waals surface area (Å²) in [4.78, 5) is 6.67. The van der Waals surface area contributed by atoms with E-state index >= 15 is 0 Å². The highest BCUT2D eigenvalue weighted by molar-refractivity contribution is 7.16. The van der Waals surface area contributed by atoms with Gasteiger partial charge in [-0.15, -0.1) is 11.3 Å². The molecule has 3 nitrogen and oxygen atoms in total. The van der Waals surface area contributed by atoms with Gasteiger partial charge in [0, 0.05) is 25.9 Å². The van der Waals surface area contributed by atoms with Crippen molar-refractivity contribution >= 4 is 27.2 Å². The van der Waals surface area contributed by atoms with Crippen molar-refractivity contribution in [1.29, 1.82) is 0 Å². The first kappa shape index (κ1) is 17.1. The van der Waals surface area contributed by atoms with Crippen LogP contribution in [0.3, 0.4) is 0 Å². The van der Waals surface area contributed by atoms with Gasteiger partial charge in [0.05, 0.1) is 21.5 Å². The van der Waals surface area contributed by atoms with Crippen LogP contribution in [0.1, 0.15) is 18.4 Å². The third-order valence-electron chi connectivity index (χ3n) is 4.61. The number of fused-ring (bicyclic) bond motifs is 1. The number of alkyl halides is 3. The third-order valence-corrected chi connectivity index (χ3v) is 5.40. The lowest BCUT2D eigenvalue weighted by atomic mass is 10.1. The minimum Gasteiger partial charge on any atom is -0.490 e. The fourth-order valence-electron chi connectivity index (χ4n) is 3.32. The summed E-state index contributed by atoms with van der Waals surface area (Å²) in [5.41, 5.74) is 3.19. The molecule has 1 aliphatic rings. The molecular formula is C19H17F3N2OS. The van der Waals surface area contributed by atoms with Gasteiger partial charge in [-0.1, -0.05) is 18.2 Å². The van der Waals surface area contributed by atoms with Crippen LogP contribution in [0.5, 0.6) is 5.75 Å². The second kappa shape index (κ2) is 6.79. The van der Waals surface area contributed by atoms with E-state index in [9.17, 15) is 13.2 Å². The Balaban J connectivity index is 1.46. The summed E-state index contributed by atoms with van der Waals surface area (Å²) in [7, 11) is 0. The minimum atomic E-state index is -4.41. The zero-order chi connectivity index (χ0) is 18.1. The first-order valence-electron chi connectivity index (χ1n) is 8.42. The Labute approximate surface area is 153 Å². The van der Waals surface area contributed by atoms with Crippen molar-refractivity contribution < 1.29 is 17.9 Å². The van der Waals surface area contributed by atoms with Gasteiger partial charge in [0.25, 0.3) is 0 Å². The summed E-state index contributed by atoms with van der Waals surface area (Å²) in [5, 5.41) is 0. The number of thiazole rings is 1. The highest BCUT2D eigenvalue weighted by Crippen LogP contribution is 2.37. The third kappa shape index (κ3) is 3.35. The molecule has 0 spiro atoms. The number of hydrogen-bond acceptors (Lipinski definition) is 4. The van der Waals surface area contributed by atoms with Gasteiger partial charge in [-0.05, 0) is 24.3 Å². The molecule has 0 bridgehead atoms. The number of hydrogen-bond donors (Lipinski definition) is 0. The molecule has 0 radical (unpaired) electrons. The quantitative estimate of drug-likeness (QED) is 0.613. The van der Waals surface area contributed by atoms with Crippen molar-refractivity contribution in [3.05, 3.63) is 53.5 Å². The van der Waals surface area contributed by atoms with Crippen LogP contribution in [0.2, 0.25) is 0 Å². The molecule has 136 valence electrons. The number of benzene rings is 2. The fourth-order valence-corrected chi connectivity index (χ4v) is 4.02. The van der Waals surface area contributed by atoms with Crippen LogP contribution >= 0.6 is 11.3 Å². The Morgan fingerprint density at radius 1 is 1.04 bits per heavy atom. The molecule has 4 rings (SSSR count). The molecule has 1 fully saturated rings. The van der Waals surface area contributed by atoms with Gasteiger partial charge < -0.3 is 9.64 Å². The Bertz CT molecular complexity index is 901. The second-order valence-corrected chi connectivity index (χ2v) is 7.16. The summed E-state index contributed by atoms with van der Waals surface area (Å²) in [6, 6.07) is 11.5. The maximum Gasteiger partial charge on any atom is 0.419 e. The Kier molecular flexibility index (Phi) is 4.48. The maximum absolute atomic E-state index is 13.1. The number of halogens is 3. The number of rotatable bonds is 3. The van der Waals surface area contributed by atoms with E-state index in [1.165, 1.54) is 12.1 Å². The normalized spacial score (nSPS) is 16.2. The molecule has 3 aromatic rings. The Morgan fingerprint density at radius 2 is 1.81 bits per heavy atom. The van der Waals surface area contributed by atoms with Gasteiger partial charge in [-0.2, -0.15) is 13.2 Å². The maximum atomic E-state index is 13.1. The van der Waals surface area contributed by atoms with Crippen LogP contribution in [-0.4, -0.2) is 24.2 Å². The van der Waals surface area contributed by atoms with Crippen molar-refractivity contribution in [3.8, 4) is 5.75 Å². The van der Waals surface area contributed by atoms with Crippen LogP contribution < -0.4 is 9.64 Å². The molecule has 2 aromatic carbocycles. The molecule has 26 heavy (non-hydrogen) atoms. The summed E-state index contributed by atoms with van der Waals surface area (Å²) >= 11 is 1.60. The van der Waals surface area contributed by atoms with Crippen LogP contribution in [-0.2, 0) is 6.18 Å². The smallest absolute Gasteiger partial charge is 0.419 e. The lowest BCUT2D eigenvalue weighted by molar-refractivity contribution is -0.139. The van der Waals surface area contributed by atoms with Gasteiger partial charge in [-0.3, -0.25) is 0 Å². The molecule has 0 aliphatic carbocycles. The zero-order valence-corrected chi connectivity index (χ0v) is 14.7. The molecule has 1 saturated heterocycles. The van der Waals surface area contributed by atoms with Crippen molar-refractivity contribution in [2.75, 3.05) is 18.0 Å². The lowest BCUT2D eigenvalue weighted by Crippen LogP contribution is -2.38. The summed E-state index contributed by atoms with van der Waals surface area (Å²) < 4.78 is 46.2. The highest BCUT2D eigenvalue weighted by atomic mass is 32.1. The van der Waals surface area contributed by atoms with Crippen molar-refractivity contribution in [1.82, 2.24) is 4.98 Å². The van der Waals surface area contributed by atoms with E-state index in [1.54, 1.807) is 17.4 Å². The van der Waals surface area contributed by atoms with E-state index in [0.29, 0.717) is 12.8 Å². The molecule has 0 amide bonds. The van der Waals surface area contributed by atoms with E-state index in [-0.39, 0.29) is 11.9 Å². The standard InChI is InChI=1S/C19H17F3N2OS/c20-19(21,22)14-4-1-2-6-16(14)25-13-8-10-24(11-9-13)15-5-3-7-17-18(15)23-12-26-17/h1-7,12-13H,8-11H2. The monoisotopic (exact) mass is 378 g/mol. The van der Waals surface area contributed by atoms with Crippen LogP contribution in [0.4, 0.5) is 18.9 Å². The SMILES string of the molecule is FC(F)(F)c1ccccc1OC1CCN(c2cccc3scnc23)CC1. The Morgan fingerprint density at radius 3 is 2.58 bits per heavy atom. The largest absolute Gasteiger partial charge is 0.490 e. The van der Waals surface area contributed by atoms with Crippen molar-refractivity contribution in [3.63, 3.8) is 0 Å². The average molecular weight is 378 g/mol. The number of nitrogens with zero attached hydrogens (tertiary/aromatic N) is 2. The summed E-state index contributed by atoms with van der Waals surface area (Å²) in [6.45, 7) is 1.46. The number of ether oxygens (including phenoxy) is 1. The van der Waals surface area contributed by atoms with E-state index in [2.05, 4.69) is 9.88 Å². The second-order valence-electron chi connectivity index (χ2n) is 6.27. The highest BCUT2D eigenvalue weighted by Gasteiger charge is 2.35. The first-order chi connectivity index (χ1) is 12.5. The van der Waals surface area contributed by atoms with Crippen LogP contribution in [0, 0.1) is 0 Å². The molecule has 0 saturated carbocycles. The van der Waals surface area contributed by atoms with Gasteiger partial charge in [0.2, 0.25) is 0 Å². The molecule has 0 atom stereocenters. The van der Waals surface area contributed by atoms with Crippen molar-refractivity contribution in [2.45, 2.75) is 25.1 Å². The molecule has 7 heteroatoms. The fraction of sp³-hybridized carbons (Fsp3) is 0.316. The molecule has 0 N–H and O–H groups in total. The number of para-hydroxylation sites is 2.